The summed E-state index contributed by atoms with van der Waals surface area (Å²) in [5, 5.41) is 19.1. The molecule has 0 rings (SSSR count). The van der Waals surface area contributed by atoms with Crippen LogP contribution < -0.4 is 0 Å². The van der Waals surface area contributed by atoms with Gasteiger partial charge in [-0.25, -0.2) is 0 Å². The summed E-state index contributed by atoms with van der Waals surface area (Å²) in [6.07, 6.45) is 82.5. The normalized spacial score (nSPS) is 12.3. The predicted octanol–water partition coefficient (Wildman–Crippen LogP) is 24.3. The highest BCUT2D eigenvalue weighted by molar-refractivity contribution is 7.32. The third-order valence-electron chi connectivity index (χ3n) is 17.6. The first-order valence-electron chi connectivity index (χ1n) is 42.4. The third kappa shape index (κ3) is 101. The Morgan fingerprint density at radius 1 is 0.308 bits per heavy atom. The lowest BCUT2D eigenvalue weighted by Gasteiger charge is -2.15. The van der Waals surface area contributed by atoms with Crippen LogP contribution in [0.3, 0.4) is 0 Å². The number of aliphatic hydroxyl groups excluding tert-OH is 2. The smallest absolute Gasteiger partial charge is 0.462 e. The van der Waals surface area contributed by atoms with Crippen LogP contribution in [-0.2, 0) is 56.3 Å². The number of unbranched alkanes of at least 4 members (excludes halogenated alkanes) is 44. The van der Waals surface area contributed by atoms with Gasteiger partial charge in [-0.3, -0.25) is 19.2 Å². The first-order chi connectivity index (χ1) is 50.7. The summed E-state index contributed by atoms with van der Waals surface area (Å²) in [6.45, 7) is 11.4. The molecule has 19 heteroatoms. The first-order valence-corrected chi connectivity index (χ1v) is 44.7. The van der Waals surface area contributed by atoms with Crippen molar-refractivity contribution in [2.75, 3.05) is 60.3 Å². The summed E-state index contributed by atoms with van der Waals surface area (Å²) in [5.41, 5.74) is 0. The van der Waals surface area contributed by atoms with Crippen LogP contribution >= 0.6 is 16.5 Å². The highest BCUT2D eigenvalue weighted by Crippen LogP contribution is 2.18. The van der Waals surface area contributed by atoms with Crippen molar-refractivity contribution in [2.24, 2.45) is 0 Å². The maximum atomic E-state index is 12.1. The van der Waals surface area contributed by atoms with E-state index in [0.29, 0.717) is 45.4 Å². The number of allylic oxidation sites excluding steroid dienone is 8. The maximum absolute atomic E-state index is 12.1. The molecule has 104 heavy (non-hydrogen) atoms. The van der Waals surface area contributed by atoms with Gasteiger partial charge in [0.15, 0.2) is 12.2 Å². The molecule has 0 spiro atoms. The van der Waals surface area contributed by atoms with Crippen molar-refractivity contribution < 1.29 is 76.3 Å². The maximum Gasteiger partial charge on any atom is 0.694 e. The lowest BCUT2D eigenvalue weighted by Crippen LogP contribution is -2.28. The molecule has 0 amide bonds. The molecule has 0 saturated heterocycles. The molecule has 0 radical (unpaired) electrons. The van der Waals surface area contributed by atoms with E-state index < -0.39 is 28.7 Å². The zero-order valence-corrected chi connectivity index (χ0v) is 69.8. The van der Waals surface area contributed by atoms with Gasteiger partial charge in [-0.1, -0.05) is 289 Å². The molecule has 0 saturated carbocycles. The average Bonchev–Trinajstić information content (AvgIpc) is 1.10. The van der Waals surface area contributed by atoms with E-state index in [0.717, 1.165) is 109 Å². The van der Waals surface area contributed by atoms with Crippen molar-refractivity contribution in [1.82, 2.24) is 4.90 Å². The number of nitrogens with zero attached hydrogens (tertiary/aromatic N) is 1. The van der Waals surface area contributed by atoms with Gasteiger partial charge in [0.1, 0.15) is 26.4 Å². The number of ether oxygens (including phenoxy) is 4. The Kier molecular flexibility index (Phi) is 96.8. The highest BCUT2D eigenvalue weighted by Gasteiger charge is 2.18. The van der Waals surface area contributed by atoms with Crippen LogP contribution in [0, 0.1) is 0 Å². The minimum atomic E-state index is -2.41. The molecule has 0 aromatic heterocycles. The summed E-state index contributed by atoms with van der Waals surface area (Å²) < 4.78 is 49.4. The van der Waals surface area contributed by atoms with Crippen molar-refractivity contribution in [3.8, 4) is 0 Å². The van der Waals surface area contributed by atoms with Gasteiger partial charge in [-0.2, -0.15) is 0 Å². The molecule has 0 aliphatic rings. The van der Waals surface area contributed by atoms with Crippen LogP contribution in [0.5, 0.6) is 0 Å². The van der Waals surface area contributed by atoms with Crippen LogP contribution in [0.2, 0.25) is 0 Å². The number of rotatable bonds is 75. The molecule has 4 N–H and O–H groups in total. The van der Waals surface area contributed by atoms with Crippen LogP contribution in [0.25, 0.3) is 0 Å². The van der Waals surface area contributed by atoms with Crippen molar-refractivity contribution in [2.45, 2.75) is 413 Å². The summed E-state index contributed by atoms with van der Waals surface area (Å²) in [6, 6.07) is 0. The zero-order valence-electron chi connectivity index (χ0n) is 68.1. The largest absolute Gasteiger partial charge is 0.694 e. The monoisotopic (exact) mass is 1520 g/mol. The molecule has 612 valence electrons. The molecular weight excluding hydrogens is 1350 g/mol. The predicted molar refractivity (Wildman–Crippen MR) is 434 cm³/mol. The van der Waals surface area contributed by atoms with Crippen molar-refractivity contribution in [1.29, 1.82) is 0 Å². The molecule has 0 bridgehead atoms. The van der Waals surface area contributed by atoms with E-state index in [2.05, 4.69) is 85.4 Å². The molecule has 0 aromatic carbocycles. The zero-order chi connectivity index (χ0) is 77.4. The van der Waals surface area contributed by atoms with E-state index in [1.165, 1.54) is 231 Å². The SMILES string of the molecule is CCCCCCCC/C=C\CCCCCCCC(=O)OCC(CO)OC(=O)CCCCCCC/C=C\CCCCCCCC.CCCCCCCC/C=C\CCCCCCCC(=O)OCC(CO)OC(=O)CCCCCCC/C=C\CCCCCCCC.CCCO[P+](=O)O.CN(C)CCO[P+](=O)O. The van der Waals surface area contributed by atoms with Crippen molar-refractivity contribution in [3.63, 3.8) is 0 Å². The third-order valence-corrected chi connectivity index (χ3v) is 18.4. The number of carbonyl (C=O) groups excluding carboxylic acids is 4. The van der Waals surface area contributed by atoms with E-state index in [1.54, 1.807) is 0 Å². The second-order valence-corrected chi connectivity index (χ2v) is 29.7. The van der Waals surface area contributed by atoms with E-state index in [9.17, 15) is 38.5 Å². The number of likely N-dealkylation sites (N-methyl/N-ethyl adjacent to an activating group) is 1. The van der Waals surface area contributed by atoms with Crippen LogP contribution in [0.15, 0.2) is 48.6 Å². The fraction of sp³-hybridized carbons (Fsp3) is 0.859. The number of hydrogen-bond donors (Lipinski definition) is 4. The fourth-order valence-electron chi connectivity index (χ4n) is 11.1. The molecular formula is C85H163NO16P2+2. The van der Waals surface area contributed by atoms with Crippen molar-refractivity contribution in [3.05, 3.63) is 48.6 Å². The lowest BCUT2D eigenvalue weighted by molar-refractivity contribution is -0.161. The molecule has 17 nitrogen and oxygen atoms in total. The van der Waals surface area contributed by atoms with E-state index in [4.69, 9.17) is 28.7 Å². The summed E-state index contributed by atoms with van der Waals surface area (Å²) in [5.74, 6) is -1.21. The molecule has 4 atom stereocenters. The average molecular weight is 1520 g/mol. The minimum absolute atomic E-state index is 0.0709. The highest BCUT2D eigenvalue weighted by atomic mass is 31.1. The lowest BCUT2D eigenvalue weighted by atomic mass is 10.1. The van der Waals surface area contributed by atoms with Gasteiger partial charge >= 0.3 is 40.4 Å². The first kappa shape index (κ1) is 107. The van der Waals surface area contributed by atoms with Gasteiger partial charge in [-0.05, 0) is 149 Å². The molecule has 0 heterocycles. The Morgan fingerprint density at radius 2 is 0.519 bits per heavy atom. The Hall–Kier alpha value is -3.24. The van der Waals surface area contributed by atoms with E-state index in [-0.39, 0.29) is 50.3 Å². The Balaban J connectivity index is -0.000000790. The Labute approximate surface area is 640 Å². The van der Waals surface area contributed by atoms with Crippen LogP contribution in [0.4, 0.5) is 0 Å². The second kappa shape index (κ2) is 94.0. The number of carbonyl (C=O) groups is 4. The Morgan fingerprint density at radius 3 is 0.721 bits per heavy atom. The van der Waals surface area contributed by atoms with Crippen LogP contribution in [0.1, 0.15) is 401 Å². The van der Waals surface area contributed by atoms with Gasteiger partial charge < -0.3 is 34.1 Å². The summed E-state index contributed by atoms with van der Waals surface area (Å²) >= 11 is 0. The summed E-state index contributed by atoms with van der Waals surface area (Å²) in [7, 11) is -1.03. The van der Waals surface area contributed by atoms with Gasteiger partial charge in [0.05, 0.1) is 13.2 Å². The van der Waals surface area contributed by atoms with Gasteiger partial charge in [-0.15, -0.1) is 18.8 Å². The number of aliphatic hydroxyl groups is 2. The fourth-order valence-corrected chi connectivity index (χ4v) is 11.7. The number of hydrogen-bond acceptors (Lipinski definition) is 15. The van der Waals surface area contributed by atoms with Gasteiger partial charge in [0.25, 0.3) is 0 Å². The molecule has 0 fully saturated rings. The molecule has 0 aliphatic heterocycles. The molecule has 0 aromatic rings. The second-order valence-electron chi connectivity index (χ2n) is 28.2. The van der Waals surface area contributed by atoms with Gasteiger partial charge in [0.2, 0.25) is 0 Å². The quantitative estimate of drug-likeness (QED) is 0.0145. The van der Waals surface area contributed by atoms with Gasteiger partial charge in [0, 0.05) is 41.4 Å². The standard InChI is InChI=1S/2C39H72O5.C4H10NO3P.C3H7O3P/c2*1-3-5-7-9-11-13-15-17-19-21-23-25-27-29-31-33-38(41)43-36-37(35-40)44-39(42)34-32-30-28-26-24-22-20-18-16-14-12-10-8-6-4-2;1-5(2)3-4-8-9(6)7;1-2-3-6-7(4)5/h2*17-20,37,40H,3-16,21-36H2,1-2H3;3-4H2,1-2H3;2-3H2,1H3/p+2/b2*19-17-,20-18-;;. The van der Waals surface area contributed by atoms with Crippen molar-refractivity contribution >= 4 is 40.4 Å². The number of esters is 4. The minimum Gasteiger partial charge on any atom is -0.462 e. The van der Waals surface area contributed by atoms with E-state index >= 15 is 0 Å². The summed E-state index contributed by atoms with van der Waals surface area (Å²) in [4.78, 5) is 66.4. The molecule has 0 aliphatic carbocycles. The van der Waals surface area contributed by atoms with E-state index in [1.807, 2.05) is 25.9 Å². The molecule has 4 unspecified atom stereocenters. The Bertz CT molecular complexity index is 1840. The van der Waals surface area contributed by atoms with Crippen LogP contribution in [-0.4, -0.2) is 121 Å². The topological polar surface area (TPSA) is 242 Å².